The van der Waals surface area contributed by atoms with Gasteiger partial charge in [0.2, 0.25) is 0 Å². The molecule has 5 heteroatoms. The van der Waals surface area contributed by atoms with Gasteiger partial charge in [0.05, 0.1) is 5.69 Å². The van der Waals surface area contributed by atoms with E-state index >= 15 is 0 Å². The first-order chi connectivity index (χ1) is 13.5. The van der Waals surface area contributed by atoms with E-state index < -0.39 is 0 Å². The second kappa shape index (κ2) is 8.26. The third-order valence-electron chi connectivity index (χ3n) is 6.25. The van der Waals surface area contributed by atoms with Gasteiger partial charge in [-0.1, -0.05) is 64.5 Å². The van der Waals surface area contributed by atoms with Crippen LogP contribution in [0.5, 0.6) is 0 Å². The van der Waals surface area contributed by atoms with Gasteiger partial charge in [0.25, 0.3) is 0 Å². The third kappa shape index (κ3) is 3.83. The van der Waals surface area contributed by atoms with Gasteiger partial charge in [-0.15, -0.1) is 0 Å². The molecule has 2 aliphatic carbocycles. The molecule has 0 saturated heterocycles. The van der Waals surface area contributed by atoms with Crippen molar-refractivity contribution in [2.45, 2.75) is 36.2 Å². The van der Waals surface area contributed by atoms with E-state index in [4.69, 9.17) is 4.74 Å². The van der Waals surface area contributed by atoms with Crippen LogP contribution in [0.4, 0.5) is 10.5 Å². The molecule has 2 aliphatic rings. The van der Waals surface area contributed by atoms with Crippen molar-refractivity contribution in [3.8, 4) is 11.1 Å². The van der Waals surface area contributed by atoms with Crippen molar-refractivity contribution in [2.75, 3.05) is 19.4 Å². The second-order valence-electron chi connectivity index (χ2n) is 8.08. The van der Waals surface area contributed by atoms with Crippen LogP contribution in [0.25, 0.3) is 11.1 Å². The minimum atomic E-state index is -0.353. The molecular formula is C23H27BrN2O2. The van der Waals surface area contributed by atoms with Crippen molar-refractivity contribution in [2.24, 2.45) is 11.8 Å². The number of hydrogen-bond acceptors (Lipinski definition) is 3. The van der Waals surface area contributed by atoms with Crippen LogP contribution < -0.4 is 5.32 Å². The van der Waals surface area contributed by atoms with Gasteiger partial charge in [-0.2, -0.15) is 0 Å². The molecule has 1 amide bonds. The molecular weight excluding hydrogens is 416 g/mol. The average Bonchev–Trinajstić information content (AvgIpc) is 2.69. The van der Waals surface area contributed by atoms with Crippen LogP contribution in [0.2, 0.25) is 0 Å². The minimum absolute atomic E-state index is 0.00103. The Morgan fingerprint density at radius 1 is 1.07 bits per heavy atom. The summed E-state index contributed by atoms with van der Waals surface area (Å²) < 4.78 is 5.91. The second-order valence-corrected chi connectivity index (χ2v) is 9.26. The lowest BCUT2D eigenvalue weighted by Crippen LogP contribution is -2.58. The highest BCUT2D eigenvalue weighted by molar-refractivity contribution is 9.09. The van der Waals surface area contributed by atoms with Gasteiger partial charge >= 0.3 is 6.09 Å². The van der Waals surface area contributed by atoms with Gasteiger partial charge < -0.3 is 9.64 Å². The number of carbonyl (C=O) groups is 1. The molecule has 0 heterocycles. The fourth-order valence-electron chi connectivity index (χ4n) is 4.80. The number of fused-ring (bicyclic) bond motifs is 1. The number of amides is 1. The van der Waals surface area contributed by atoms with Gasteiger partial charge in [0.1, 0.15) is 6.10 Å². The topological polar surface area (TPSA) is 41.6 Å². The monoisotopic (exact) mass is 442 g/mol. The number of halogens is 1. The quantitative estimate of drug-likeness (QED) is 0.644. The summed E-state index contributed by atoms with van der Waals surface area (Å²) in [6.07, 6.45) is 2.71. The molecule has 2 saturated carbocycles. The van der Waals surface area contributed by atoms with Crippen LogP contribution in [0.15, 0.2) is 54.6 Å². The predicted octanol–water partition coefficient (Wildman–Crippen LogP) is 5.39. The fourth-order valence-corrected chi connectivity index (χ4v) is 5.98. The summed E-state index contributed by atoms with van der Waals surface area (Å²) in [5.74, 6) is 0.999. The zero-order chi connectivity index (χ0) is 19.7. The van der Waals surface area contributed by atoms with Crippen molar-refractivity contribution >= 4 is 27.7 Å². The van der Waals surface area contributed by atoms with E-state index in [1.54, 1.807) is 0 Å². The number of nitrogens with one attached hydrogen (secondary N) is 1. The summed E-state index contributed by atoms with van der Waals surface area (Å²) in [7, 11) is 4.29. The SMILES string of the molecule is CN(C)C1CCC(OC(=O)Nc2ccccc2-c2ccccc2)C2CC(Br)C21. The number of benzene rings is 2. The van der Waals surface area contributed by atoms with Gasteiger partial charge in [0, 0.05) is 22.4 Å². The van der Waals surface area contributed by atoms with E-state index in [-0.39, 0.29) is 12.2 Å². The highest BCUT2D eigenvalue weighted by Gasteiger charge is 2.52. The molecule has 5 unspecified atom stereocenters. The number of nitrogens with zero attached hydrogens (tertiary/aromatic N) is 1. The highest BCUT2D eigenvalue weighted by Crippen LogP contribution is 2.51. The molecule has 4 rings (SSSR count). The van der Waals surface area contributed by atoms with Crippen LogP contribution >= 0.6 is 15.9 Å². The summed E-state index contributed by atoms with van der Waals surface area (Å²) in [5.41, 5.74) is 2.86. The average molecular weight is 443 g/mol. The Kier molecular flexibility index (Phi) is 5.74. The molecule has 0 radical (unpaired) electrons. The number of para-hydroxylation sites is 1. The first-order valence-corrected chi connectivity index (χ1v) is 10.9. The molecule has 4 nitrogen and oxygen atoms in total. The van der Waals surface area contributed by atoms with Crippen molar-refractivity contribution in [1.82, 2.24) is 4.90 Å². The number of rotatable bonds is 4. The van der Waals surface area contributed by atoms with E-state index in [0.717, 1.165) is 36.1 Å². The van der Waals surface area contributed by atoms with Crippen LogP contribution in [0.1, 0.15) is 19.3 Å². The molecule has 2 aromatic carbocycles. The Bertz CT molecular complexity index is 826. The summed E-state index contributed by atoms with van der Waals surface area (Å²) in [6.45, 7) is 0. The molecule has 0 spiro atoms. The maximum atomic E-state index is 12.7. The van der Waals surface area contributed by atoms with E-state index in [2.05, 4.69) is 40.2 Å². The largest absolute Gasteiger partial charge is 0.446 e. The van der Waals surface area contributed by atoms with Gasteiger partial charge in [-0.25, -0.2) is 4.79 Å². The van der Waals surface area contributed by atoms with Crippen LogP contribution in [-0.4, -0.2) is 42.1 Å². The molecule has 0 aromatic heterocycles. The Morgan fingerprint density at radius 3 is 2.50 bits per heavy atom. The summed E-state index contributed by atoms with van der Waals surface area (Å²) >= 11 is 3.81. The molecule has 5 atom stereocenters. The van der Waals surface area contributed by atoms with Crippen LogP contribution in [-0.2, 0) is 4.74 Å². The smallest absolute Gasteiger partial charge is 0.411 e. The lowest BCUT2D eigenvalue weighted by Gasteiger charge is -2.54. The lowest BCUT2D eigenvalue weighted by molar-refractivity contribution is -0.0606. The van der Waals surface area contributed by atoms with Crippen molar-refractivity contribution in [1.29, 1.82) is 0 Å². The molecule has 148 valence electrons. The first-order valence-electron chi connectivity index (χ1n) is 9.97. The number of ether oxygens (including phenoxy) is 1. The number of anilines is 1. The Hall–Kier alpha value is -1.85. The van der Waals surface area contributed by atoms with Crippen LogP contribution in [0, 0.1) is 11.8 Å². The van der Waals surface area contributed by atoms with Crippen molar-refractivity contribution in [3.63, 3.8) is 0 Å². The zero-order valence-corrected chi connectivity index (χ0v) is 17.9. The number of hydrogen-bond donors (Lipinski definition) is 1. The maximum Gasteiger partial charge on any atom is 0.411 e. The fraction of sp³-hybridized carbons (Fsp3) is 0.435. The summed E-state index contributed by atoms with van der Waals surface area (Å²) in [6, 6.07) is 18.5. The normalized spacial score (nSPS) is 28.9. The molecule has 0 bridgehead atoms. The van der Waals surface area contributed by atoms with Gasteiger partial charge in [-0.05, 0) is 50.9 Å². The summed E-state index contributed by atoms with van der Waals surface area (Å²) in [5, 5.41) is 2.98. The predicted molar refractivity (Wildman–Crippen MR) is 117 cm³/mol. The molecule has 1 N–H and O–H groups in total. The van der Waals surface area contributed by atoms with Gasteiger partial charge in [-0.3, -0.25) is 5.32 Å². The molecule has 2 aromatic rings. The lowest BCUT2D eigenvalue weighted by atomic mass is 9.61. The maximum absolute atomic E-state index is 12.7. The number of alkyl halides is 1. The van der Waals surface area contributed by atoms with E-state index in [0.29, 0.717) is 22.7 Å². The highest BCUT2D eigenvalue weighted by atomic mass is 79.9. The molecule has 0 aliphatic heterocycles. The van der Waals surface area contributed by atoms with E-state index in [1.165, 1.54) is 0 Å². The Morgan fingerprint density at radius 2 is 1.79 bits per heavy atom. The molecule has 2 fully saturated rings. The number of carbonyl (C=O) groups excluding carboxylic acids is 1. The van der Waals surface area contributed by atoms with Gasteiger partial charge in [0.15, 0.2) is 0 Å². The van der Waals surface area contributed by atoms with Crippen molar-refractivity contribution < 1.29 is 9.53 Å². The van der Waals surface area contributed by atoms with E-state index in [9.17, 15) is 4.79 Å². The zero-order valence-electron chi connectivity index (χ0n) is 16.3. The standard InChI is InChI=1S/C23H27BrN2O2/c1-26(2)20-12-13-21(17-14-18(24)22(17)20)28-23(27)25-19-11-7-6-10-16(19)15-8-4-3-5-9-15/h3-11,17-18,20-22H,12-14H2,1-2H3,(H,25,27). The summed E-state index contributed by atoms with van der Waals surface area (Å²) in [4.78, 5) is 15.5. The van der Waals surface area contributed by atoms with E-state index in [1.807, 2.05) is 54.6 Å². The van der Waals surface area contributed by atoms with Crippen LogP contribution in [0.3, 0.4) is 0 Å². The Labute approximate surface area is 175 Å². The third-order valence-corrected chi connectivity index (χ3v) is 7.23. The molecule has 28 heavy (non-hydrogen) atoms. The minimum Gasteiger partial charge on any atom is -0.446 e. The Balaban J connectivity index is 1.44. The van der Waals surface area contributed by atoms with Crippen molar-refractivity contribution in [3.05, 3.63) is 54.6 Å². The first kappa shape index (κ1) is 19.5.